The molecule has 0 unspecified atom stereocenters. The molecule has 39 heavy (non-hydrogen) atoms. The van der Waals surface area contributed by atoms with Crippen molar-refractivity contribution in [1.82, 2.24) is 29.5 Å². The molecule has 2 saturated heterocycles. The van der Waals surface area contributed by atoms with Crippen LogP contribution in [-0.2, 0) is 0 Å². The van der Waals surface area contributed by atoms with Gasteiger partial charge >= 0.3 is 6.01 Å². The van der Waals surface area contributed by atoms with Crippen LogP contribution < -0.4 is 15.4 Å². The van der Waals surface area contributed by atoms with Crippen LogP contribution in [0.25, 0.3) is 27.7 Å². The van der Waals surface area contributed by atoms with Crippen molar-refractivity contribution in [3.63, 3.8) is 0 Å². The Hall–Kier alpha value is -3.38. The van der Waals surface area contributed by atoms with Crippen LogP contribution in [0.15, 0.2) is 24.4 Å². The van der Waals surface area contributed by atoms with Crippen molar-refractivity contribution in [2.75, 3.05) is 51.0 Å². The lowest BCUT2D eigenvalue weighted by Crippen LogP contribution is -2.36. The number of nitrogens with zero attached hydrogens (tertiary/aromatic N) is 7. The van der Waals surface area contributed by atoms with E-state index >= 15 is 4.39 Å². The van der Waals surface area contributed by atoms with Gasteiger partial charge in [-0.1, -0.05) is 11.6 Å². The molecule has 5 heterocycles. The van der Waals surface area contributed by atoms with Crippen molar-refractivity contribution >= 4 is 39.9 Å². The number of hydrogen-bond acceptors (Lipinski definition) is 8. The Labute approximate surface area is 228 Å². The smallest absolute Gasteiger partial charge is 0.318 e. The van der Waals surface area contributed by atoms with Gasteiger partial charge in [0, 0.05) is 35.7 Å². The van der Waals surface area contributed by atoms with Gasteiger partial charge < -0.3 is 20.3 Å². The van der Waals surface area contributed by atoms with Crippen LogP contribution in [0.2, 0.25) is 5.02 Å². The zero-order valence-electron chi connectivity index (χ0n) is 21.8. The van der Waals surface area contributed by atoms with Crippen LogP contribution in [0.3, 0.4) is 0 Å². The molecule has 2 aliphatic rings. The van der Waals surface area contributed by atoms with Crippen molar-refractivity contribution in [2.45, 2.75) is 38.0 Å². The first kappa shape index (κ1) is 27.2. The van der Waals surface area contributed by atoms with Gasteiger partial charge in [-0.05, 0) is 64.0 Å². The SMILES string of the molecule is CN1CCCC1.COc1nc(N2CCCCC(F)(F)C2)c2cc(Cl)c(-c3cccn4nc(N)nc34)c(F)c2n1. The van der Waals surface area contributed by atoms with E-state index in [4.69, 9.17) is 22.1 Å². The highest BCUT2D eigenvalue weighted by atomic mass is 35.5. The van der Waals surface area contributed by atoms with Crippen molar-refractivity contribution in [3.8, 4) is 17.1 Å². The zero-order chi connectivity index (χ0) is 27.7. The molecule has 0 bridgehead atoms. The van der Waals surface area contributed by atoms with Gasteiger partial charge in [0.2, 0.25) is 5.95 Å². The quantitative estimate of drug-likeness (QED) is 0.370. The van der Waals surface area contributed by atoms with Gasteiger partial charge in [-0.25, -0.2) is 17.7 Å². The molecule has 4 aromatic rings. The second-order valence-electron chi connectivity index (χ2n) is 9.88. The number of aromatic nitrogens is 5. The van der Waals surface area contributed by atoms with Crippen LogP contribution in [0, 0.1) is 5.82 Å². The second-order valence-corrected chi connectivity index (χ2v) is 10.3. The van der Waals surface area contributed by atoms with Gasteiger partial charge in [0.05, 0.1) is 18.7 Å². The topological polar surface area (TPSA) is 97.7 Å². The Morgan fingerprint density at radius 3 is 2.51 bits per heavy atom. The fourth-order valence-corrected chi connectivity index (χ4v) is 5.33. The highest BCUT2D eigenvalue weighted by Gasteiger charge is 2.35. The summed E-state index contributed by atoms with van der Waals surface area (Å²) >= 11 is 6.54. The van der Waals surface area contributed by atoms with E-state index in [0.717, 1.165) is 0 Å². The fourth-order valence-electron chi connectivity index (χ4n) is 5.04. The zero-order valence-corrected chi connectivity index (χ0v) is 22.6. The van der Waals surface area contributed by atoms with Gasteiger partial charge in [0.25, 0.3) is 5.92 Å². The summed E-state index contributed by atoms with van der Waals surface area (Å²) in [5.74, 6) is -3.48. The molecule has 0 amide bonds. The van der Waals surface area contributed by atoms with Gasteiger partial charge in [-0.3, -0.25) is 0 Å². The summed E-state index contributed by atoms with van der Waals surface area (Å²) < 4.78 is 51.2. The summed E-state index contributed by atoms with van der Waals surface area (Å²) in [5.41, 5.74) is 6.31. The van der Waals surface area contributed by atoms with Gasteiger partial charge in [-0.2, -0.15) is 15.0 Å². The number of hydrogen-bond donors (Lipinski definition) is 1. The third-order valence-electron chi connectivity index (χ3n) is 6.94. The number of benzene rings is 1. The summed E-state index contributed by atoms with van der Waals surface area (Å²) in [4.78, 5) is 16.4. The molecule has 0 atom stereocenters. The minimum atomic E-state index is -2.90. The number of nitrogen functional groups attached to an aromatic ring is 1. The number of ether oxygens (including phenoxy) is 1. The molecule has 6 rings (SSSR count). The van der Waals surface area contributed by atoms with Crippen molar-refractivity contribution in [3.05, 3.63) is 35.2 Å². The standard InChI is InChI=1S/C21H19ClF3N7O.C5H11N/c1-33-20-27-16-12(17(29-20)31-7-3-2-6-21(24,25)10-31)9-13(22)14(15(16)23)11-5-4-8-32-18(11)28-19(26)30-32;1-6-4-2-3-5-6/h4-5,8-9H,2-3,6-7,10H2,1H3,(H2,26,30);2-5H2,1H3. The number of methoxy groups -OCH3 is 1. The van der Waals surface area contributed by atoms with E-state index in [2.05, 4.69) is 32.0 Å². The average molecular weight is 563 g/mol. The van der Waals surface area contributed by atoms with Gasteiger partial charge in [0.15, 0.2) is 11.5 Å². The molecular weight excluding hydrogens is 533 g/mol. The molecule has 0 aliphatic carbocycles. The second kappa shape index (κ2) is 11.0. The van der Waals surface area contributed by atoms with Crippen LogP contribution in [0.5, 0.6) is 6.01 Å². The molecule has 2 N–H and O–H groups in total. The maximum absolute atomic E-state index is 16.0. The summed E-state index contributed by atoms with van der Waals surface area (Å²) in [5, 5.41) is 4.30. The third kappa shape index (κ3) is 5.67. The number of nitrogens with two attached hydrogens (primary N) is 1. The summed E-state index contributed by atoms with van der Waals surface area (Å²) in [6, 6.07) is 4.63. The lowest BCUT2D eigenvalue weighted by Gasteiger charge is -2.26. The number of pyridine rings is 1. The van der Waals surface area contributed by atoms with Crippen LogP contribution in [-0.4, -0.2) is 75.7 Å². The molecule has 13 heteroatoms. The van der Waals surface area contributed by atoms with Crippen molar-refractivity contribution in [2.24, 2.45) is 0 Å². The Balaban J connectivity index is 0.000000455. The summed E-state index contributed by atoms with van der Waals surface area (Å²) in [7, 11) is 3.50. The van der Waals surface area contributed by atoms with E-state index in [-0.39, 0.29) is 45.7 Å². The molecule has 0 saturated carbocycles. The minimum absolute atomic E-state index is 0.0214. The maximum Gasteiger partial charge on any atom is 0.318 e. The molecule has 2 aliphatic heterocycles. The molecule has 3 aromatic heterocycles. The van der Waals surface area contributed by atoms with Gasteiger partial charge in [-0.15, -0.1) is 5.10 Å². The predicted octanol–water partition coefficient (Wildman–Crippen LogP) is 5.06. The Morgan fingerprint density at radius 2 is 1.82 bits per heavy atom. The first-order valence-corrected chi connectivity index (χ1v) is 13.2. The maximum atomic E-state index is 16.0. The monoisotopic (exact) mass is 562 g/mol. The van der Waals surface area contributed by atoms with Crippen LogP contribution >= 0.6 is 11.6 Å². The van der Waals surface area contributed by atoms with E-state index in [0.29, 0.717) is 30.6 Å². The molecule has 208 valence electrons. The number of fused-ring (bicyclic) bond motifs is 2. The third-order valence-corrected chi connectivity index (χ3v) is 7.24. The average Bonchev–Trinajstić information content (AvgIpc) is 3.49. The number of halogens is 4. The summed E-state index contributed by atoms with van der Waals surface area (Å²) in [6.07, 6.45) is 5.17. The van der Waals surface area contributed by atoms with E-state index < -0.39 is 18.3 Å². The van der Waals surface area contributed by atoms with Crippen LogP contribution in [0.1, 0.15) is 32.1 Å². The van der Waals surface area contributed by atoms with Crippen LogP contribution in [0.4, 0.5) is 24.9 Å². The Morgan fingerprint density at radius 1 is 1.08 bits per heavy atom. The molecular formula is C26H30ClF3N8O. The lowest BCUT2D eigenvalue weighted by atomic mass is 10.0. The van der Waals surface area contributed by atoms with E-state index in [9.17, 15) is 8.78 Å². The van der Waals surface area contributed by atoms with E-state index in [1.54, 1.807) is 18.3 Å². The number of rotatable bonds is 3. The highest BCUT2D eigenvalue weighted by molar-refractivity contribution is 6.34. The highest BCUT2D eigenvalue weighted by Crippen LogP contribution is 2.40. The largest absolute Gasteiger partial charge is 0.467 e. The molecule has 0 spiro atoms. The first-order chi connectivity index (χ1) is 18.7. The first-order valence-electron chi connectivity index (χ1n) is 12.8. The van der Waals surface area contributed by atoms with Crippen molar-refractivity contribution < 1.29 is 17.9 Å². The summed E-state index contributed by atoms with van der Waals surface area (Å²) in [6.45, 7) is 2.44. The fraction of sp³-hybridized carbons (Fsp3) is 0.462. The molecule has 2 fully saturated rings. The number of alkyl halides is 2. The number of likely N-dealkylation sites (tertiary alicyclic amines) is 1. The predicted molar refractivity (Wildman–Crippen MR) is 145 cm³/mol. The van der Waals surface area contributed by atoms with E-state index in [1.807, 2.05) is 0 Å². The minimum Gasteiger partial charge on any atom is -0.467 e. The molecule has 0 radical (unpaired) electrons. The van der Waals surface area contributed by atoms with Gasteiger partial charge in [0.1, 0.15) is 11.3 Å². The Kier molecular flexibility index (Phi) is 7.68. The number of anilines is 2. The molecule has 9 nitrogen and oxygen atoms in total. The van der Waals surface area contributed by atoms with Crippen molar-refractivity contribution in [1.29, 1.82) is 0 Å². The Bertz CT molecular complexity index is 1490. The van der Waals surface area contributed by atoms with E-state index in [1.165, 1.54) is 48.5 Å². The normalized spacial score (nSPS) is 17.7. The molecule has 1 aromatic carbocycles. The lowest BCUT2D eigenvalue weighted by molar-refractivity contribution is 0.00338.